The zero-order valence-corrected chi connectivity index (χ0v) is 17.0. The number of allylic oxidation sites excluding steroid dienone is 1. The highest BCUT2D eigenvalue weighted by Gasteiger charge is 2.26. The summed E-state index contributed by atoms with van der Waals surface area (Å²) in [6.45, 7) is 9.60. The molecule has 2 rings (SSSR count). The third kappa shape index (κ3) is 6.51. The predicted octanol–water partition coefficient (Wildman–Crippen LogP) is 5.50. The van der Waals surface area contributed by atoms with Crippen LogP contribution < -0.4 is 10.1 Å². The molecule has 0 atom stereocenters. The van der Waals surface area contributed by atoms with Gasteiger partial charge in [-0.05, 0) is 76.0 Å². The molecule has 0 fully saturated rings. The second kappa shape index (κ2) is 9.80. The highest BCUT2D eigenvalue weighted by molar-refractivity contribution is 5.81. The normalized spacial score (nSPS) is 14.7. The summed E-state index contributed by atoms with van der Waals surface area (Å²) >= 11 is 0. The molecule has 3 heteroatoms. The summed E-state index contributed by atoms with van der Waals surface area (Å²) in [7, 11) is 0. The topological polar surface area (TPSA) is 38.3 Å². The lowest BCUT2D eigenvalue weighted by atomic mass is 9.86. The van der Waals surface area contributed by atoms with E-state index in [9.17, 15) is 4.79 Å². The van der Waals surface area contributed by atoms with Crippen molar-refractivity contribution >= 4 is 5.91 Å². The summed E-state index contributed by atoms with van der Waals surface area (Å²) in [5.74, 6) is 1.11. The molecular weight excluding hydrogens is 322 g/mol. The Kier molecular flexibility index (Phi) is 7.74. The second-order valence-electron chi connectivity index (χ2n) is 8.22. The number of ether oxygens (including phenoxy) is 1. The summed E-state index contributed by atoms with van der Waals surface area (Å²) in [6, 6.07) is 6.26. The molecule has 0 aliphatic heterocycles. The molecule has 1 aliphatic rings. The van der Waals surface area contributed by atoms with Gasteiger partial charge in [0.05, 0.1) is 6.61 Å². The molecule has 1 aromatic rings. The van der Waals surface area contributed by atoms with E-state index < -0.39 is 0 Å². The first-order chi connectivity index (χ1) is 12.4. The molecular formula is C23H35NO2. The quantitative estimate of drug-likeness (QED) is 0.468. The minimum atomic E-state index is -0.355. The average molecular weight is 358 g/mol. The monoisotopic (exact) mass is 357 g/mol. The SMILES string of the molecule is Cc1ccc(C)c(OCCCC(C)(C)C(=O)NCCC2=CCCCC2)c1. The summed E-state index contributed by atoms with van der Waals surface area (Å²) in [6.07, 6.45) is 10.1. The molecule has 1 N–H and O–H groups in total. The maximum atomic E-state index is 12.5. The third-order valence-electron chi connectivity index (χ3n) is 5.28. The number of benzene rings is 1. The molecule has 144 valence electrons. The standard InChI is InChI=1S/C23H35NO2/c1-18-11-12-19(2)21(17-18)26-16-8-14-23(3,4)22(25)24-15-13-20-9-6-5-7-10-20/h9,11-12,17H,5-8,10,13-16H2,1-4H3,(H,24,25). The van der Waals surface area contributed by atoms with Crippen molar-refractivity contribution in [3.63, 3.8) is 0 Å². The zero-order chi connectivity index (χ0) is 19.0. The summed E-state index contributed by atoms with van der Waals surface area (Å²) in [5.41, 5.74) is 3.52. The molecule has 0 unspecified atom stereocenters. The van der Waals surface area contributed by atoms with Gasteiger partial charge < -0.3 is 10.1 Å². The van der Waals surface area contributed by atoms with E-state index in [1.807, 2.05) is 13.8 Å². The molecule has 26 heavy (non-hydrogen) atoms. The third-order valence-corrected chi connectivity index (χ3v) is 5.28. The van der Waals surface area contributed by atoms with E-state index >= 15 is 0 Å². The minimum Gasteiger partial charge on any atom is -0.493 e. The highest BCUT2D eigenvalue weighted by atomic mass is 16.5. The fraction of sp³-hybridized carbons (Fsp3) is 0.609. The molecule has 1 aliphatic carbocycles. The Hall–Kier alpha value is -1.77. The van der Waals surface area contributed by atoms with Crippen LogP contribution in [0.1, 0.15) is 69.9 Å². The average Bonchev–Trinajstić information content (AvgIpc) is 2.62. The first-order valence-electron chi connectivity index (χ1n) is 10.0. The van der Waals surface area contributed by atoms with E-state index in [2.05, 4.69) is 43.4 Å². The molecule has 0 saturated carbocycles. The molecule has 0 saturated heterocycles. The zero-order valence-electron chi connectivity index (χ0n) is 17.0. The number of hydrogen-bond acceptors (Lipinski definition) is 2. The maximum absolute atomic E-state index is 12.5. The van der Waals surface area contributed by atoms with Crippen LogP contribution in [0.3, 0.4) is 0 Å². The number of aryl methyl sites for hydroxylation is 2. The van der Waals surface area contributed by atoms with E-state index in [1.54, 1.807) is 0 Å². The largest absolute Gasteiger partial charge is 0.493 e. The molecule has 3 nitrogen and oxygen atoms in total. The Balaban J connectivity index is 1.68. The van der Waals surface area contributed by atoms with Gasteiger partial charge in [-0.15, -0.1) is 0 Å². The van der Waals surface area contributed by atoms with Gasteiger partial charge in [-0.2, -0.15) is 0 Å². The van der Waals surface area contributed by atoms with Crippen LogP contribution in [0, 0.1) is 19.3 Å². The number of carbonyl (C=O) groups is 1. The smallest absolute Gasteiger partial charge is 0.225 e. The van der Waals surface area contributed by atoms with Crippen molar-refractivity contribution in [3.05, 3.63) is 41.0 Å². The fourth-order valence-corrected chi connectivity index (χ4v) is 3.38. The Morgan fingerprint density at radius 3 is 2.77 bits per heavy atom. The van der Waals surface area contributed by atoms with E-state index in [0.29, 0.717) is 6.61 Å². The molecule has 1 amide bonds. The van der Waals surface area contributed by atoms with E-state index in [4.69, 9.17) is 4.74 Å². The minimum absolute atomic E-state index is 0.153. The number of nitrogens with one attached hydrogen (secondary N) is 1. The van der Waals surface area contributed by atoms with Crippen molar-refractivity contribution < 1.29 is 9.53 Å². The highest BCUT2D eigenvalue weighted by Crippen LogP contribution is 2.25. The van der Waals surface area contributed by atoms with E-state index in [0.717, 1.165) is 37.1 Å². The molecule has 0 aromatic heterocycles. The van der Waals surface area contributed by atoms with Gasteiger partial charge in [0.1, 0.15) is 5.75 Å². The van der Waals surface area contributed by atoms with Crippen LogP contribution in [0.5, 0.6) is 5.75 Å². The molecule has 0 radical (unpaired) electrons. The van der Waals surface area contributed by atoms with Crippen LogP contribution in [-0.4, -0.2) is 19.1 Å². The van der Waals surface area contributed by atoms with Crippen LogP contribution in [0.2, 0.25) is 0 Å². The lowest BCUT2D eigenvalue weighted by Crippen LogP contribution is -2.37. The van der Waals surface area contributed by atoms with Gasteiger partial charge >= 0.3 is 0 Å². The van der Waals surface area contributed by atoms with Crippen LogP contribution in [-0.2, 0) is 4.79 Å². The summed E-state index contributed by atoms with van der Waals surface area (Å²) in [5, 5.41) is 3.12. The Bertz CT molecular complexity index is 631. The van der Waals surface area contributed by atoms with Crippen LogP contribution in [0.4, 0.5) is 0 Å². The summed E-state index contributed by atoms with van der Waals surface area (Å²) in [4.78, 5) is 12.5. The van der Waals surface area contributed by atoms with Crippen molar-refractivity contribution in [2.45, 2.75) is 72.6 Å². The molecule has 0 heterocycles. The van der Waals surface area contributed by atoms with Gasteiger partial charge in [0, 0.05) is 12.0 Å². The van der Waals surface area contributed by atoms with Crippen molar-refractivity contribution in [1.29, 1.82) is 0 Å². The number of rotatable bonds is 9. The molecule has 0 spiro atoms. The van der Waals surface area contributed by atoms with E-state index in [1.165, 1.54) is 36.8 Å². The number of carbonyl (C=O) groups excluding carboxylic acids is 1. The van der Waals surface area contributed by atoms with Gasteiger partial charge in [-0.25, -0.2) is 0 Å². The Morgan fingerprint density at radius 2 is 2.04 bits per heavy atom. The predicted molar refractivity (Wildman–Crippen MR) is 109 cm³/mol. The van der Waals surface area contributed by atoms with Crippen molar-refractivity contribution in [2.75, 3.05) is 13.2 Å². The number of amides is 1. The fourth-order valence-electron chi connectivity index (χ4n) is 3.38. The first kappa shape index (κ1) is 20.5. The van der Waals surface area contributed by atoms with Crippen LogP contribution >= 0.6 is 0 Å². The van der Waals surface area contributed by atoms with E-state index in [-0.39, 0.29) is 11.3 Å². The van der Waals surface area contributed by atoms with Crippen molar-refractivity contribution in [1.82, 2.24) is 5.32 Å². The molecule has 1 aromatic carbocycles. The van der Waals surface area contributed by atoms with Gasteiger partial charge in [0.25, 0.3) is 0 Å². The maximum Gasteiger partial charge on any atom is 0.225 e. The van der Waals surface area contributed by atoms with Gasteiger partial charge in [0.15, 0.2) is 0 Å². The van der Waals surface area contributed by atoms with Gasteiger partial charge in [-0.3, -0.25) is 4.79 Å². The van der Waals surface area contributed by atoms with Crippen LogP contribution in [0.15, 0.2) is 29.8 Å². The summed E-state index contributed by atoms with van der Waals surface area (Å²) < 4.78 is 5.91. The van der Waals surface area contributed by atoms with Crippen molar-refractivity contribution in [3.8, 4) is 5.75 Å². The van der Waals surface area contributed by atoms with Crippen LogP contribution in [0.25, 0.3) is 0 Å². The Morgan fingerprint density at radius 1 is 1.23 bits per heavy atom. The lowest BCUT2D eigenvalue weighted by Gasteiger charge is -2.24. The second-order valence-corrected chi connectivity index (χ2v) is 8.22. The van der Waals surface area contributed by atoms with Gasteiger partial charge in [-0.1, -0.05) is 37.6 Å². The number of hydrogen-bond donors (Lipinski definition) is 1. The van der Waals surface area contributed by atoms with Crippen molar-refractivity contribution in [2.24, 2.45) is 5.41 Å². The first-order valence-corrected chi connectivity index (χ1v) is 10.0. The van der Waals surface area contributed by atoms with Gasteiger partial charge in [0.2, 0.25) is 5.91 Å². The molecule has 0 bridgehead atoms. The lowest BCUT2D eigenvalue weighted by molar-refractivity contribution is -0.129. The Labute approximate surface area is 159 Å².